The number of rotatable bonds is 7. The summed E-state index contributed by atoms with van der Waals surface area (Å²) < 4.78 is 15.1. The second-order valence-corrected chi connectivity index (χ2v) is 3.74. The highest BCUT2D eigenvalue weighted by Crippen LogP contribution is 2.06. The normalized spacial score (nSPS) is 13.7. The van der Waals surface area contributed by atoms with Gasteiger partial charge in [0.2, 0.25) is 0 Å². The van der Waals surface area contributed by atoms with Crippen molar-refractivity contribution in [2.45, 2.75) is 25.6 Å². The molecule has 15 heavy (non-hydrogen) atoms. The van der Waals surface area contributed by atoms with Crippen molar-refractivity contribution in [1.29, 1.82) is 0 Å². The third-order valence-electron chi connectivity index (χ3n) is 2.23. The molecular formula is C10H21NO4. The van der Waals surface area contributed by atoms with Gasteiger partial charge in [-0.25, -0.2) is 0 Å². The monoisotopic (exact) mass is 219 g/mol. The summed E-state index contributed by atoms with van der Waals surface area (Å²) in [6, 6.07) is 0. The molecule has 0 radical (unpaired) electrons. The third-order valence-corrected chi connectivity index (χ3v) is 2.23. The Morgan fingerprint density at radius 1 is 1.33 bits per heavy atom. The van der Waals surface area contributed by atoms with E-state index in [2.05, 4.69) is 5.32 Å². The summed E-state index contributed by atoms with van der Waals surface area (Å²) in [4.78, 5) is 11.6. The van der Waals surface area contributed by atoms with Gasteiger partial charge < -0.3 is 19.5 Å². The summed E-state index contributed by atoms with van der Waals surface area (Å²) in [7, 11) is 4.67. The van der Waals surface area contributed by atoms with Crippen LogP contribution in [0.25, 0.3) is 0 Å². The molecule has 0 aliphatic heterocycles. The molecule has 0 spiro atoms. The number of nitrogens with one attached hydrogen (secondary N) is 1. The summed E-state index contributed by atoms with van der Waals surface area (Å²) in [6.07, 6.45) is -0.133. The maximum absolute atomic E-state index is 11.6. The molecule has 0 aliphatic carbocycles. The maximum Gasteiger partial charge on any atom is 0.251 e. The van der Waals surface area contributed by atoms with Crippen molar-refractivity contribution in [3.8, 4) is 0 Å². The fourth-order valence-electron chi connectivity index (χ4n) is 0.908. The summed E-state index contributed by atoms with van der Waals surface area (Å²) in [5.74, 6) is -0.164. The lowest BCUT2D eigenvalue weighted by molar-refractivity contribution is -0.140. The van der Waals surface area contributed by atoms with Gasteiger partial charge in [-0.2, -0.15) is 0 Å². The van der Waals surface area contributed by atoms with Crippen molar-refractivity contribution >= 4 is 5.91 Å². The minimum Gasteiger partial charge on any atom is -0.382 e. The SMILES string of the molecule is COCC(CNC(=O)C(C)(C)OC)OC. The van der Waals surface area contributed by atoms with Gasteiger partial charge in [0.25, 0.3) is 5.91 Å². The molecule has 0 saturated carbocycles. The highest BCUT2D eigenvalue weighted by Gasteiger charge is 2.27. The molecule has 5 nitrogen and oxygen atoms in total. The second-order valence-electron chi connectivity index (χ2n) is 3.74. The lowest BCUT2D eigenvalue weighted by Gasteiger charge is -2.23. The number of amides is 1. The highest BCUT2D eigenvalue weighted by atomic mass is 16.5. The van der Waals surface area contributed by atoms with Gasteiger partial charge in [0.05, 0.1) is 12.7 Å². The summed E-state index contributed by atoms with van der Waals surface area (Å²) >= 11 is 0. The molecule has 0 aromatic carbocycles. The predicted molar refractivity (Wildman–Crippen MR) is 56.8 cm³/mol. The Balaban J connectivity index is 3.98. The van der Waals surface area contributed by atoms with Crippen LogP contribution in [0.1, 0.15) is 13.8 Å². The molecule has 0 bridgehead atoms. The van der Waals surface area contributed by atoms with Crippen LogP contribution in [0.5, 0.6) is 0 Å². The molecule has 90 valence electrons. The van der Waals surface area contributed by atoms with Crippen molar-refractivity contribution in [2.75, 3.05) is 34.5 Å². The lowest BCUT2D eigenvalue weighted by Crippen LogP contribution is -2.46. The van der Waals surface area contributed by atoms with E-state index < -0.39 is 5.60 Å². The molecule has 1 atom stereocenters. The first-order valence-corrected chi connectivity index (χ1v) is 4.83. The Kier molecular flexibility index (Phi) is 6.47. The smallest absolute Gasteiger partial charge is 0.251 e. The molecule has 0 heterocycles. The number of ether oxygens (including phenoxy) is 3. The zero-order chi connectivity index (χ0) is 11.9. The van der Waals surface area contributed by atoms with Gasteiger partial charge in [-0.15, -0.1) is 0 Å². The van der Waals surface area contributed by atoms with Gasteiger partial charge in [0.1, 0.15) is 5.60 Å². The Hall–Kier alpha value is -0.650. The first-order valence-electron chi connectivity index (χ1n) is 4.83. The predicted octanol–water partition coefficient (Wildman–Crippen LogP) is 0.189. The van der Waals surface area contributed by atoms with Gasteiger partial charge in [-0.1, -0.05) is 0 Å². The number of carbonyl (C=O) groups is 1. The fourth-order valence-corrected chi connectivity index (χ4v) is 0.908. The average molecular weight is 219 g/mol. The van der Waals surface area contributed by atoms with E-state index in [0.29, 0.717) is 13.2 Å². The minimum atomic E-state index is -0.814. The molecule has 0 fully saturated rings. The van der Waals surface area contributed by atoms with Gasteiger partial charge in [0, 0.05) is 27.9 Å². The number of hydrogen-bond donors (Lipinski definition) is 1. The number of hydrogen-bond acceptors (Lipinski definition) is 4. The van der Waals surface area contributed by atoms with Gasteiger partial charge >= 0.3 is 0 Å². The molecule has 0 aliphatic rings. The van der Waals surface area contributed by atoms with Crippen LogP contribution in [0.3, 0.4) is 0 Å². The van der Waals surface area contributed by atoms with E-state index in [-0.39, 0.29) is 12.0 Å². The average Bonchev–Trinajstić information content (AvgIpc) is 2.23. The molecule has 0 rings (SSSR count). The topological polar surface area (TPSA) is 56.8 Å². The van der Waals surface area contributed by atoms with E-state index in [1.54, 1.807) is 28.1 Å². The lowest BCUT2D eigenvalue weighted by atomic mass is 10.1. The summed E-state index contributed by atoms with van der Waals surface area (Å²) in [5.41, 5.74) is -0.814. The minimum absolute atomic E-state index is 0.133. The van der Waals surface area contributed by atoms with E-state index in [9.17, 15) is 4.79 Å². The molecule has 5 heteroatoms. The Labute approximate surface area is 91.1 Å². The Bertz CT molecular complexity index is 194. The molecule has 0 aromatic rings. The van der Waals surface area contributed by atoms with Crippen LogP contribution in [0.15, 0.2) is 0 Å². The van der Waals surface area contributed by atoms with Crippen molar-refractivity contribution in [1.82, 2.24) is 5.32 Å². The largest absolute Gasteiger partial charge is 0.382 e. The fraction of sp³-hybridized carbons (Fsp3) is 0.900. The van der Waals surface area contributed by atoms with Gasteiger partial charge in [0.15, 0.2) is 0 Å². The van der Waals surface area contributed by atoms with Crippen LogP contribution in [0.4, 0.5) is 0 Å². The molecule has 1 unspecified atom stereocenters. The number of methoxy groups -OCH3 is 3. The van der Waals surface area contributed by atoms with E-state index in [1.165, 1.54) is 7.11 Å². The number of carbonyl (C=O) groups excluding carboxylic acids is 1. The van der Waals surface area contributed by atoms with Crippen molar-refractivity contribution in [3.63, 3.8) is 0 Å². The molecular weight excluding hydrogens is 198 g/mol. The van der Waals surface area contributed by atoms with E-state index in [4.69, 9.17) is 14.2 Å². The van der Waals surface area contributed by atoms with Crippen molar-refractivity contribution < 1.29 is 19.0 Å². The van der Waals surface area contributed by atoms with Crippen LogP contribution in [-0.2, 0) is 19.0 Å². The van der Waals surface area contributed by atoms with Crippen LogP contribution in [-0.4, -0.2) is 52.1 Å². The molecule has 0 aromatic heterocycles. The van der Waals surface area contributed by atoms with Crippen molar-refractivity contribution in [3.05, 3.63) is 0 Å². The van der Waals surface area contributed by atoms with Gasteiger partial charge in [-0.3, -0.25) is 4.79 Å². The molecule has 1 amide bonds. The maximum atomic E-state index is 11.6. The standard InChI is InChI=1S/C10H21NO4/c1-10(2,15-5)9(12)11-6-8(14-4)7-13-3/h8H,6-7H2,1-5H3,(H,11,12). The van der Waals surface area contributed by atoms with E-state index in [1.807, 2.05) is 0 Å². The highest BCUT2D eigenvalue weighted by molar-refractivity contribution is 5.84. The van der Waals surface area contributed by atoms with Crippen LogP contribution in [0, 0.1) is 0 Å². The second kappa shape index (κ2) is 6.76. The Morgan fingerprint density at radius 3 is 2.33 bits per heavy atom. The van der Waals surface area contributed by atoms with E-state index in [0.717, 1.165) is 0 Å². The van der Waals surface area contributed by atoms with Gasteiger partial charge in [-0.05, 0) is 13.8 Å². The first-order chi connectivity index (χ1) is 6.97. The molecule has 0 saturated heterocycles. The summed E-state index contributed by atoms with van der Waals surface area (Å²) in [5, 5.41) is 2.74. The van der Waals surface area contributed by atoms with E-state index >= 15 is 0 Å². The van der Waals surface area contributed by atoms with Crippen LogP contribution in [0.2, 0.25) is 0 Å². The quantitative estimate of drug-likeness (QED) is 0.664. The Morgan fingerprint density at radius 2 is 1.93 bits per heavy atom. The van der Waals surface area contributed by atoms with Crippen LogP contribution < -0.4 is 5.32 Å². The van der Waals surface area contributed by atoms with Crippen molar-refractivity contribution in [2.24, 2.45) is 0 Å². The zero-order valence-corrected chi connectivity index (χ0v) is 10.1. The van der Waals surface area contributed by atoms with Crippen LogP contribution >= 0.6 is 0 Å². The first kappa shape index (κ1) is 14.3. The zero-order valence-electron chi connectivity index (χ0n) is 10.1. The third kappa shape index (κ3) is 5.11. The summed E-state index contributed by atoms with van der Waals surface area (Å²) in [6.45, 7) is 4.28. The molecule has 1 N–H and O–H groups in total.